The Morgan fingerprint density at radius 2 is 2.22 bits per heavy atom. The molecular weight excluding hydrogens is 112 g/mol. The van der Waals surface area contributed by atoms with E-state index in [1.165, 1.54) is 6.20 Å². The minimum atomic E-state index is 0.391. The zero-order valence-corrected chi connectivity index (χ0v) is 5.52. The average molecular weight is 122 g/mol. The van der Waals surface area contributed by atoms with Gasteiger partial charge in [-0.1, -0.05) is 6.58 Å². The molecule has 0 aliphatic heterocycles. The number of hydrogen-bond donors (Lipinski definition) is 1. The van der Waals surface area contributed by atoms with E-state index in [-0.39, 0.29) is 0 Å². The van der Waals surface area contributed by atoms with Gasteiger partial charge in [0.25, 0.3) is 0 Å². The maximum absolute atomic E-state index is 7.17. The van der Waals surface area contributed by atoms with Gasteiger partial charge in [-0.25, -0.2) is 0 Å². The van der Waals surface area contributed by atoms with Gasteiger partial charge < -0.3 is 5.41 Å². The monoisotopic (exact) mass is 122 g/mol. The van der Waals surface area contributed by atoms with E-state index in [0.29, 0.717) is 5.71 Å². The zero-order valence-electron chi connectivity index (χ0n) is 5.52. The smallest absolute Gasteiger partial charge is 0.0578 e. The summed E-state index contributed by atoms with van der Waals surface area (Å²) < 4.78 is 0. The molecule has 0 saturated heterocycles. The average Bonchev–Trinajstić information content (AvgIpc) is 1.82. The standard InChI is InChI=1S/C7H10N2/c1-6(2)7(8)4-5-9-3/h4-5,8H,1,3H2,2H3/b5-4-,8-7?. The van der Waals surface area contributed by atoms with Gasteiger partial charge in [0.1, 0.15) is 0 Å². The lowest BCUT2D eigenvalue weighted by molar-refractivity contribution is 1.46. The van der Waals surface area contributed by atoms with Crippen LogP contribution in [-0.2, 0) is 0 Å². The number of rotatable bonds is 3. The normalized spacial score (nSPS) is 9.44. The zero-order chi connectivity index (χ0) is 7.28. The second-order valence-electron chi connectivity index (χ2n) is 1.69. The molecule has 2 heteroatoms. The van der Waals surface area contributed by atoms with E-state index in [1.54, 1.807) is 13.0 Å². The largest absolute Gasteiger partial charge is 0.301 e. The predicted molar refractivity (Wildman–Crippen MR) is 41.2 cm³/mol. The van der Waals surface area contributed by atoms with Crippen molar-refractivity contribution in [2.45, 2.75) is 6.92 Å². The van der Waals surface area contributed by atoms with E-state index >= 15 is 0 Å². The summed E-state index contributed by atoms with van der Waals surface area (Å²) in [6.07, 6.45) is 3.02. The number of allylic oxidation sites excluding steroid dienone is 2. The lowest BCUT2D eigenvalue weighted by atomic mass is 10.2. The summed E-state index contributed by atoms with van der Waals surface area (Å²) in [6, 6.07) is 0. The molecule has 0 radical (unpaired) electrons. The van der Waals surface area contributed by atoms with Crippen LogP contribution in [0.3, 0.4) is 0 Å². The van der Waals surface area contributed by atoms with Crippen LogP contribution in [0.5, 0.6) is 0 Å². The third kappa shape index (κ3) is 3.41. The van der Waals surface area contributed by atoms with Gasteiger partial charge in [0.2, 0.25) is 0 Å². The van der Waals surface area contributed by atoms with Crippen LogP contribution >= 0.6 is 0 Å². The lowest BCUT2D eigenvalue weighted by Crippen LogP contribution is -1.89. The summed E-state index contributed by atoms with van der Waals surface area (Å²) in [5.41, 5.74) is 1.12. The van der Waals surface area contributed by atoms with Crippen molar-refractivity contribution in [1.29, 1.82) is 5.41 Å². The molecule has 0 aliphatic rings. The van der Waals surface area contributed by atoms with Crippen molar-refractivity contribution in [3.8, 4) is 0 Å². The second-order valence-corrected chi connectivity index (χ2v) is 1.69. The first-order chi connectivity index (χ1) is 4.18. The highest BCUT2D eigenvalue weighted by molar-refractivity contribution is 6.05. The molecule has 1 N–H and O–H groups in total. The highest BCUT2D eigenvalue weighted by atomic mass is 14.6. The molecule has 0 fully saturated rings. The predicted octanol–water partition coefficient (Wildman–Crippen LogP) is 1.80. The van der Waals surface area contributed by atoms with E-state index in [2.05, 4.69) is 18.3 Å². The summed E-state index contributed by atoms with van der Waals surface area (Å²) in [5, 5.41) is 7.17. The van der Waals surface area contributed by atoms with Gasteiger partial charge >= 0.3 is 0 Å². The molecule has 0 aromatic rings. The molecule has 0 aromatic heterocycles. The SMILES string of the molecule is C=N/C=C\C(=N)C(=C)C. The summed E-state index contributed by atoms with van der Waals surface area (Å²) in [7, 11) is 0. The minimum Gasteiger partial charge on any atom is -0.301 e. The maximum atomic E-state index is 7.17. The molecule has 2 nitrogen and oxygen atoms in total. The van der Waals surface area contributed by atoms with Crippen molar-refractivity contribution in [2.24, 2.45) is 4.99 Å². The third-order valence-electron chi connectivity index (χ3n) is 0.806. The fraction of sp³-hybridized carbons (Fsp3) is 0.143. The summed E-state index contributed by atoms with van der Waals surface area (Å²) in [4.78, 5) is 3.45. The van der Waals surface area contributed by atoms with Crippen LogP contribution in [0.1, 0.15) is 6.92 Å². The summed E-state index contributed by atoms with van der Waals surface area (Å²) in [6.45, 7) is 8.57. The van der Waals surface area contributed by atoms with Gasteiger partial charge in [-0.15, -0.1) is 0 Å². The molecule has 0 atom stereocenters. The molecule has 0 aromatic carbocycles. The molecule has 0 amide bonds. The van der Waals surface area contributed by atoms with Crippen LogP contribution in [-0.4, -0.2) is 12.4 Å². The third-order valence-corrected chi connectivity index (χ3v) is 0.806. The van der Waals surface area contributed by atoms with Crippen LogP contribution in [0.2, 0.25) is 0 Å². The molecule has 0 aliphatic carbocycles. The van der Waals surface area contributed by atoms with E-state index in [4.69, 9.17) is 5.41 Å². The first kappa shape index (κ1) is 7.82. The number of nitrogens with zero attached hydrogens (tertiary/aromatic N) is 1. The van der Waals surface area contributed by atoms with Crippen molar-refractivity contribution in [3.05, 3.63) is 24.4 Å². The molecule has 48 valence electrons. The van der Waals surface area contributed by atoms with Gasteiger partial charge in [-0.2, -0.15) is 0 Å². The number of hydrogen-bond acceptors (Lipinski definition) is 2. The quantitative estimate of drug-likeness (QED) is 0.554. The van der Waals surface area contributed by atoms with Gasteiger partial charge in [0, 0.05) is 6.20 Å². The Labute approximate surface area is 55.1 Å². The molecule has 0 unspecified atom stereocenters. The molecule has 0 heterocycles. The van der Waals surface area contributed by atoms with Gasteiger partial charge in [-0.05, 0) is 25.3 Å². The second kappa shape index (κ2) is 3.78. The summed E-state index contributed by atoms with van der Waals surface area (Å²) >= 11 is 0. The van der Waals surface area contributed by atoms with Crippen LogP contribution in [0.25, 0.3) is 0 Å². The van der Waals surface area contributed by atoms with Crippen LogP contribution in [0.4, 0.5) is 0 Å². The van der Waals surface area contributed by atoms with E-state index in [0.717, 1.165) is 5.57 Å². The molecule has 0 rings (SSSR count). The highest BCUT2D eigenvalue weighted by Gasteiger charge is 1.86. The van der Waals surface area contributed by atoms with Crippen molar-refractivity contribution >= 4 is 12.4 Å². The Bertz CT molecular complexity index is 166. The Morgan fingerprint density at radius 3 is 2.56 bits per heavy atom. The fourth-order valence-corrected chi connectivity index (χ4v) is 0.269. The molecule has 0 bridgehead atoms. The lowest BCUT2D eigenvalue weighted by Gasteiger charge is -1.90. The highest BCUT2D eigenvalue weighted by Crippen LogP contribution is 1.91. The number of nitrogens with one attached hydrogen (secondary N) is 1. The van der Waals surface area contributed by atoms with Crippen molar-refractivity contribution < 1.29 is 0 Å². The van der Waals surface area contributed by atoms with Gasteiger partial charge in [0.15, 0.2) is 0 Å². The first-order valence-electron chi connectivity index (χ1n) is 2.55. The fourth-order valence-electron chi connectivity index (χ4n) is 0.269. The Kier molecular flexibility index (Phi) is 3.28. The molecule has 0 saturated carbocycles. The molecule has 9 heavy (non-hydrogen) atoms. The Hall–Kier alpha value is -1.18. The molecular formula is C7H10N2. The van der Waals surface area contributed by atoms with Crippen LogP contribution < -0.4 is 0 Å². The number of aliphatic imine (C=N–C) groups is 1. The van der Waals surface area contributed by atoms with Crippen molar-refractivity contribution in [3.63, 3.8) is 0 Å². The van der Waals surface area contributed by atoms with Crippen molar-refractivity contribution in [2.75, 3.05) is 0 Å². The van der Waals surface area contributed by atoms with Crippen LogP contribution in [0.15, 0.2) is 29.4 Å². The first-order valence-corrected chi connectivity index (χ1v) is 2.55. The van der Waals surface area contributed by atoms with E-state index in [1.807, 2.05) is 0 Å². The van der Waals surface area contributed by atoms with Crippen LogP contribution in [0, 0.1) is 5.41 Å². The summed E-state index contributed by atoms with van der Waals surface area (Å²) in [5.74, 6) is 0. The molecule has 0 spiro atoms. The van der Waals surface area contributed by atoms with Gasteiger partial charge in [0.05, 0.1) is 5.71 Å². The topological polar surface area (TPSA) is 36.2 Å². The Morgan fingerprint density at radius 1 is 1.67 bits per heavy atom. The maximum Gasteiger partial charge on any atom is 0.0578 e. The van der Waals surface area contributed by atoms with E-state index < -0.39 is 0 Å². The van der Waals surface area contributed by atoms with Gasteiger partial charge in [-0.3, -0.25) is 4.99 Å². The minimum absolute atomic E-state index is 0.391. The van der Waals surface area contributed by atoms with Crippen molar-refractivity contribution in [1.82, 2.24) is 0 Å². The Balaban J connectivity index is 3.92. The van der Waals surface area contributed by atoms with E-state index in [9.17, 15) is 0 Å².